The van der Waals surface area contributed by atoms with Crippen molar-refractivity contribution in [2.75, 3.05) is 13.7 Å². The van der Waals surface area contributed by atoms with E-state index in [9.17, 15) is 4.79 Å². The molecule has 1 aromatic carbocycles. The second-order valence-corrected chi connectivity index (χ2v) is 5.12. The Labute approximate surface area is 125 Å². The van der Waals surface area contributed by atoms with Gasteiger partial charge in [-0.15, -0.1) is 0 Å². The molecule has 0 spiro atoms. The van der Waals surface area contributed by atoms with Crippen LogP contribution in [0.5, 0.6) is 5.75 Å². The summed E-state index contributed by atoms with van der Waals surface area (Å²) in [6.45, 7) is 5.32. The number of benzene rings is 1. The van der Waals surface area contributed by atoms with E-state index in [1.807, 2.05) is 13.0 Å². The van der Waals surface area contributed by atoms with Crippen LogP contribution < -0.4 is 4.74 Å². The maximum Gasteiger partial charge on any atom is 0.305 e. The molecule has 0 aliphatic heterocycles. The van der Waals surface area contributed by atoms with Gasteiger partial charge in [-0.2, -0.15) is 0 Å². The van der Waals surface area contributed by atoms with Gasteiger partial charge in [-0.25, -0.2) is 0 Å². The van der Waals surface area contributed by atoms with Crippen molar-refractivity contribution in [1.82, 2.24) is 4.57 Å². The Morgan fingerprint density at radius 1 is 1.24 bits per heavy atom. The van der Waals surface area contributed by atoms with Crippen LogP contribution in [0.1, 0.15) is 31.9 Å². The minimum Gasteiger partial charge on any atom is -0.497 e. The lowest BCUT2D eigenvalue weighted by Gasteiger charge is -2.08. The van der Waals surface area contributed by atoms with Crippen molar-refractivity contribution in [2.45, 2.75) is 39.7 Å². The Hall–Kier alpha value is -1.97. The monoisotopic (exact) mass is 289 g/mol. The molecule has 0 aliphatic rings. The van der Waals surface area contributed by atoms with Gasteiger partial charge in [0.05, 0.1) is 13.7 Å². The first-order chi connectivity index (χ1) is 10.2. The molecule has 0 aliphatic carbocycles. The van der Waals surface area contributed by atoms with Crippen molar-refractivity contribution in [2.24, 2.45) is 0 Å². The quantitative estimate of drug-likeness (QED) is 0.576. The van der Waals surface area contributed by atoms with Gasteiger partial charge in [-0.3, -0.25) is 4.79 Å². The Bertz CT molecular complexity index is 616. The van der Waals surface area contributed by atoms with Crippen LogP contribution >= 0.6 is 0 Å². The van der Waals surface area contributed by atoms with E-state index in [0.717, 1.165) is 25.1 Å². The van der Waals surface area contributed by atoms with E-state index in [-0.39, 0.29) is 5.97 Å². The number of carbonyl (C=O) groups excluding carboxylic acids is 1. The van der Waals surface area contributed by atoms with E-state index in [1.54, 1.807) is 7.11 Å². The van der Waals surface area contributed by atoms with Crippen molar-refractivity contribution in [3.8, 4) is 5.75 Å². The fourth-order valence-electron chi connectivity index (χ4n) is 2.58. The molecule has 1 heterocycles. The third-order valence-corrected chi connectivity index (χ3v) is 3.63. The molecule has 0 fully saturated rings. The topological polar surface area (TPSA) is 40.5 Å². The van der Waals surface area contributed by atoms with Gasteiger partial charge in [0.25, 0.3) is 0 Å². The maximum absolute atomic E-state index is 11.3. The minimum absolute atomic E-state index is 0.101. The molecule has 114 valence electrons. The third kappa shape index (κ3) is 3.78. The molecule has 0 N–H and O–H groups in total. The Kier molecular flexibility index (Phi) is 5.26. The van der Waals surface area contributed by atoms with Crippen LogP contribution in [0, 0.1) is 6.92 Å². The molecule has 1 aromatic heterocycles. The smallest absolute Gasteiger partial charge is 0.305 e. The van der Waals surface area contributed by atoms with Crippen LogP contribution in [0.4, 0.5) is 0 Å². The number of hydrogen-bond acceptors (Lipinski definition) is 3. The molecule has 0 saturated heterocycles. The fraction of sp³-hybridized carbons (Fsp3) is 0.471. The number of rotatable bonds is 7. The zero-order valence-electron chi connectivity index (χ0n) is 13.0. The number of unbranched alkanes of at least 4 members (excludes halogenated alkanes) is 1. The van der Waals surface area contributed by atoms with Crippen molar-refractivity contribution in [3.05, 3.63) is 30.0 Å². The molecule has 0 atom stereocenters. The van der Waals surface area contributed by atoms with E-state index in [4.69, 9.17) is 9.47 Å². The van der Waals surface area contributed by atoms with Crippen molar-refractivity contribution >= 4 is 16.9 Å². The Morgan fingerprint density at radius 2 is 2.05 bits per heavy atom. The number of aryl methyl sites for hydroxylation is 2. The fourth-order valence-corrected chi connectivity index (χ4v) is 2.58. The van der Waals surface area contributed by atoms with Gasteiger partial charge < -0.3 is 14.0 Å². The van der Waals surface area contributed by atoms with Crippen molar-refractivity contribution in [1.29, 1.82) is 0 Å². The Morgan fingerprint density at radius 3 is 2.76 bits per heavy atom. The van der Waals surface area contributed by atoms with Crippen molar-refractivity contribution < 1.29 is 14.3 Å². The maximum atomic E-state index is 11.3. The van der Waals surface area contributed by atoms with Gasteiger partial charge in [0.2, 0.25) is 0 Å². The van der Waals surface area contributed by atoms with Crippen LogP contribution in [0.25, 0.3) is 10.9 Å². The third-order valence-electron chi connectivity index (χ3n) is 3.63. The number of methoxy groups -OCH3 is 1. The molecule has 0 amide bonds. The number of esters is 1. The molecular weight excluding hydrogens is 266 g/mol. The summed E-state index contributed by atoms with van der Waals surface area (Å²) in [5, 5.41) is 1.19. The van der Waals surface area contributed by atoms with Crippen LogP contribution in [-0.2, 0) is 16.1 Å². The minimum atomic E-state index is -0.101. The summed E-state index contributed by atoms with van der Waals surface area (Å²) in [6.07, 6.45) is 2.32. The van der Waals surface area contributed by atoms with E-state index in [0.29, 0.717) is 13.0 Å². The molecule has 2 rings (SSSR count). The largest absolute Gasteiger partial charge is 0.497 e. The van der Waals surface area contributed by atoms with Crippen LogP contribution in [0.15, 0.2) is 24.3 Å². The van der Waals surface area contributed by atoms with Gasteiger partial charge in [0.1, 0.15) is 5.75 Å². The van der Waals surface area contributed by atoms with Crippen molar-refractivity contribution in [3.63, 3.8) is 0 Å². The predicted molar refractivity (Wildman–Crippen MR) is 83.7 cm³/mol. The highest BCUT2D eigenvalue weighted by Crippen LogP contribution is 2.24. The lowest BCUT2D eigenvalue weighted by molar-refractivity contribution is -0.143. The average molecular weight is 289 g/mol. The summed E-state index contributed by atoms with van der Waals surface area (Å²) in [5.41, 5.74) is 2.44. The van der Waals surface area contributed by atoms with Gasteiger partial charge in [-0.1, -0.05) is 0 Å². The first kappa shape index (κ1) is 15.4. The second-order valence-electron chi connectivity index (χ2n) is 5.12. The average Bonchev–Trinajstić information content (AvgIpc) is 2.78. The first-order valence-corrected chi connectivity index (χ1v) is 7.45. The number of aromatic nitrogens is 1. The lowest BCUT2D eigenvalue weighted by Crippen LogP contribution is -2.05. The van der Waals surface area contributed by atoms with Crippen LogP contribution in [0.3, 0.4) is 0 Å². The van der Waals surface area contributed by atoms with Crippen LogP contribution in [0.2, 0.25) is 0 Å². The highest BCUT2D eigenvalue weighted by atomic mass is 16.5. The summed E-state index contributed by atoms with van der Waals surface area (Å²) in [7, 11) is 1.68. The molecule has 0 unspecified atom stereocenters. The van der Waals surface area contributed by atoms with Gasteiger partial charge in [0.15, 0.2) is 0 Å². The molecule has 2 aromatic rings. The SMILES string of the molecule is CCOC(=O)CCCCn1c(C)cc2cc(OC)ccc21. The highest BCUT2D eigenvalue weighted by Gasteiger charge is 2.07. The summed E-state index contributed by atoms with van der Waals surface area (Å²) in [4.78, 5) is 11.3. The molecule has 0 bridgehead atoms. The summed E-state index contributed by atoms with van der Waals surface area (Å²) in [5.74, 6) is 0.776. The molecule has 0 radical (unpaired) electrons. The highest BCUT2D eigenvalue weighted by molar-refractivity contribution is 5.82. The molecule has 4 nitrogen and oxygen atoms in total. The predicted octanol–water partition coefficient (Wildman–Crippen LogP) is 3.69. The number of nitrogens with zero attached hydrogens (tertiary/aromatic N) is 1. The number of fused-ring (bicyclic) bond motifs is 1. The van der Waals surface area contributed by atoms with E-state index >= 15 is 0 Å². The first-order valence-electron chi connectivity index (χ1n) is 7.45. The number of hydrogen-bond donors (Lipinski definition) is 0. The van der Waals surface area contributed by atoms with Gasteiger partial charge in [0, 0.05) is 29.6 Å². The molecule has 0 saturated carbocycles. The molecule has 4 heteroatoms. The van der Waals surface area contributed by atoms with Gasteiger partial charge >= 0.3 is 5.97 Å². The zero-order chi connectivity index (χ0) is 15.2. The van der Waals surface area contributed by atoms with E-state index in [1.165, 1.54) is 16.6 Å². The Balaban J connectivity index is 1.98. The standard InChI is InChI=1S/C17H23NO3/c1-4-21-17(19)7-5-6-10-18-13(2)11-14-12-15(20-3)8-9-16(14)18/h8-9,11-12H,4-7,10H2,1-3H3. The van der Waals surface area contributed by atoms with Crippen LogP contribution in [-0.4, -0.2) is 24.3 Å². The number of ether oxygens (including phenoxy) is 2. The summed E-state index contributed by atoms with van der Waals surface area (Å²) in [6, 6.07) is 8.30. The zero-order valence-corrected chi connectivity index (χ0v) is 13.0. The summed E-state index contributed by atoms with van der Waals surface area (Å²) < 4.78 is 12.5. The summed E-state index contributed by atoms with van der Waals surface area (Å²) >= 11 is 0. The molecule has 21 heavy (non-hydrogen) atoms. The lowest BCUT2D eigenvalue weighted by atomic mass is 10.2. The van der Waals surface area contributed by atoms with E-state index in [2.05, 4.69) is 29.7 Å². The number of carbonyl (C=O) groups is 1. The van der Waals surface area contributed by atoms with E-state index < -0.39 is 0 Å². The molecular formula is C17H23NO3. The van der Waals surface area contributed by atoms with Gasteiger partial charge in [-0.05, 0) is 51.0 Å². The second kappa shape index (κ2) is 7.16. The normalized spacial score (nSPS) is 10.8.